The van der Waals surface area contributed by atoms with Crippen molar-refractivity contribution in [3.8, 4) is 11.5 Å². The highest BCUT2D eigenvalue weighted by Crippen LogP contribution is 2.30. The Morgan fingerprint density at radius 1 is 1.05 bits per heavy atom. The molecule has 2 aromatic carbocycles. The van der Waals surface area contributed by atoms with E-state index in [0.717, 1.165) is 5.56 Å². The minimum absolute atomic E-state index is 0.257. The molecule has 0 aliphatic heterocycles. The lowest BCUT2D eigenvalue weighted by atomic mass is 10.2. The molecule has 0 aliphatic carbocycles. The molecule has 21 heavy (non-hydrogen) atoms. The topological polar surface area (TPSA) is 35.5 Å². The Morgan fingerprint density at radius 3 is 2.43 bits per heavy atom. The van der Waals surface area contributed by atoms with Gasteiger partial charge >= 0.3 is 0 Å². The molecule has 0 N–H and O–H groups in total. The molecular formula is C15H11Cl3O3. The van der Waals surface area contributed by atoms with Gasteiger partial charge in [0.15, 0.2) is 11.5 Å². The van der Waals surface area contributed by atoms with Crippen LogP contribution in [0.1, 0.15) is 15.9 Å². The average molecular weight is 346 g/mol. The molecule has 6 heteroatoms. The molecule has 0 saturated carbocycles. The molecule has 2 aromatic rings. The maximum atomic E-state index is 11.2. The van der Waals surface area contributed by atoms with Crippen LogP contribution in [0.4, 0.5) is 0 Å². The van der Waals surface area contributed by atoms with Crippen molar-refractivity contribution < 1.29 is 14.3 Å². The van der Waals surface area contributed by atoms with Gasteiger partial charge in [-0.25, -0.2) is 0 Å². The third-order valence-electron chi connectivity index (χ3n) is 2.77. The van der Waals surface area contributed by atoms with Crippen molar-refractivity contribution in [3.63, 3.8) is 0 Å². The summed E-state index contributed by atoms with van der Waals surface area (Å²) >= 11 is 17.3. The van der Waals surface area contributed by atoms with Gasteiger partial charge in [-0.15, -0.1) is 0 Å². The maximum Gasteiger partial charge on any atom is 0.252 e. The van der Waals surface area contributed by atoms with Crippen LogP contribution in [0.15, 0.2) is 36.4 Å². The van der Waals surface area contributed by atoms with E-state index < -0.39 is 5.24 Å². The molecule has 2 rings (SSSR count). The zero-order valence-electron chi connectivity index (χ0n) is 11.0. The van der Waals surface area contributed by atoms with Crippen LogP contribution in [0.2, 0.25) is 10.0 Å². The van der Waals surface area contributed by atoms with E-state index in [1.807, 2.05) is 0 Å². The van der Waals surface area contributed by atoms with E-state index in [-0.39, 0.29) is 6.61 Å². The first kappa shape index (κ1) is 16.0. The van der Waals surface area contributed by atoms with Gasteiger partial charge in [0.2, 0.25) is 0 Å². The molecule has 0 heterocycles. The molecule has 0 spiro atoms. The van der Waals surface area contributed by atoms with Crippen LogP contribution in [0.3, 0.4) is 0 Å². The fourth-order valence-electron chi connectivity index (χ4n) is 1.70. The van der Waals surface area contributed by atoms with Gasteiger partial charge in [-0.1, -0.05) is 29.3 Å². The average Bonchev–Trinajstić information content (AvgIpc) is 2.48. The van der Waals surface area contributed by atoms with Gasteiger partial charge in [0.25, 0.3) is 5.24 Å². The number of benzene rings is 2. The largest absolute Gasteiger partial charge is 0.493 e. The molecule has 0 unspecified atom stereocenters. The molecule has 0 amide bonds. The molecule has 0 atom stereocenters. The fraction of sp³-hybridized carbons (Fsp3) is 0.133. The highest BCUT2D eigenvalue weighted by atomic mass is 35.5. The Labute approximate surface area is 137 Å². The molecule has 0 radical (unpaired) electrons. The van der Waals surface area contributed by atoms with Crippen LogP contribution in [0.5, 0.6) is 11.5 Å². The second-order valence-electron chi connectivity index (χ2n) is 4.18. The normalized spacial score (nSPS) is 10.3. The number of hydrogen-bond acceptors (Lipinski definition) is 3. The fourth-order valence-corrected chi connectivity index (χ4v) is 2.14. The second kappa shape index (κ2) is 7.03. The summed E-state index contributed by atoms with van der Waals surface area (Å²) in [4.78, 5) is 11.2. The molecule has 3 nitrogen and oxygen atoms in total. The van der Waals surface area contributed by atoms with Crippen molar-refractivity contribution >= 4 is 40.0 Å². The Kier molecular flexibility index (Phi) is 5.34. The first-order chi connectivity index (χ1) is 10.0. The predicted molar refractivity (Wildman–Crippen MR) is 84.0 cm³/mol. The Bertz CT molecular complexity index is 671. The Hall–Kier alpha value is -1.42. The van der Waals surface area contributed by atoms with Gasteiger partial charge in [-0.05, 0) is 47.5 Å². The summed E-state index contributed by atoms with van der Waals surface area (Å²) in [6.45, 7) is 0.257. The molecule has 0 saturated heterocycles. The number of carbonyl (C=O) groups is 1. The van der Waals surface area contributed by atoms with Gasteiger partial charge in [-0.3, -0.25) is 4.79 Å². The molecule has 110 valence electrons. The van der Waals surface area contributed by atoms with Crippen LogP contribution < -0.4 is 9.47 Å². The quantitative estimate of drug-likeness (QED) is 0.718. The number of carbonyl (C=O) groups excluding carboxylic acids is 1. The van der Waals surface area contributed by atoms with Crippen LogP contribution in [-0.4, -0.2) is 12.4 Å². The summed E-state index contributed by atoms with van der Waals surface area (Å²) in [6, 6.07) is 9.94. The highest BCUT2D eigenvalue weighted by molar-refractivity contribution is 6.67. The monoisotopic (exact) mass is 344 g/mol. The molecule has 0 fully saturated rings. The van der Waals surface area contributed by atoms with Crippen LogP contribution in [0, 0.1) is 0 Å². The first-order valence-corrected chi connectivity index (χ1v) is 7.09. The molecular weight excluding hydrogens is 335 g/mol. The number of ether oxygens (including phenoxy) is 2. The minimum atomic E-state index is -0.558. The van der Waals surface area contributed by atoms with Crippen LogP contribution >= 0.6 is 34.8 Å². The van der Waals surface area contributed by atoms with Gasteiger partial charge < -0.3 is 9.47 Å². The van der Waals surface area contributed by atoms with Gasteiger partial charge in [-0.2, -0.15) is 0 Å². The van der Waals surface area contributed by atoms with Crippen molar-refractivity contribution in [2.45, 2.75) is 6.61 Å². The van der Waals surface area contributed by atoms with Crippen molar-refractivity contribution in [2.24, 2.45) is 0 Å². The van der Waals surface area contributed by atoms with Crippen molar-refractivity contribution in [2.75, 3.05) is 7.11 Å². The highest BCUT2D eigenvalue weighted by Gasteiger charge is 2.10. The second-order valence-corrected chi connectivity index (χ2v) is 5.33. The standard InChI is InChI=1S/C15H11Cl3O3/c1-20-13-5-3-10(15(18)19)7-14(13)21-8-9-2-4-11(16)12(17)6-9/h2-7H,8H2,1H3. The molecule has 0 aliphatic rings. The van der Waals surface area contributed by atoms with E-state index >= 15 is 0 Å². The number of rotatable bonds is 5. The van der Waals surface area contributed by atoms with Crippen LogP contribution in [-0.2, 0) is 6.61 Å². The predicted octanol–water partition coefficient (Wildman–Crippen LogP) is 4.96. The van der Waals surface area contributed by atoms with E-state index in [2.05, 4.69) is 0 Å². The van der Waals surface area contributed by atoms with Crippen molar-refractivity contribution in [3.05, 3.63) is 57.6 Å². The minimum Gasteiger partial charge on any atom is -0.493 e. The zero-order chi connectivity index (χ0) is 15.4. The lowest BCUT2D eigenvalue weighted by molar-refractivity contribution is 0.108. The zero-order valence-corrected chi connectivity index (χ0v) is 13.3. The van der Waals surface area contributed by atoms with E-state index in [4.69, 9.17) is 44.3 Å². The summed E-state index contributed by atoms with van der Waals surface area (Å²) in [5.41, 5.74) is 1.18. The summed E-state index contributed by atoms with van der Waals surface area (Å²) in [5.74, 6) is 0.937. The maximum absolute atomic E-state index is 11.2. The van der Waals surface area contributed by atoms with Crippen LogP contribution in [0.25, 0.3) is 0 Å². The smallest absolute Gasteiger partial charge is 0.252 e. The number of methoxy groups -OCH3 is 1. The van der Waals surface area contributed by atoms with E-state index in [0.29, 0.717) is 27.1 Å². The Balaban J connectivity index is 2.19. The summed E-state index contributed by atoms with van der Waals surface area (Å²) in [5, 5.41) is 0.374. The summed E-state index contributed by atoms with van der Waals surface area (Å²) in [7, 11) is 1.52. The third kappa shape index (κ3) is 4.03. The SMILES string of the molecule is COc1ccc(C(=O)Cl)cc1OCc1ccc(Cl)c(Cl)c1. The van der Waals surface area contributed by atoms with Gasteiger partial charge in [0, 0.05) is 5.56 Å². The van der Waals surface area contributed by atoms with E-state index in [9.17, 15) is 4.79 Å². The number of halogens is 3. The van der Waals surface area contributed by atoms with Crippen molar-refractivity contribution in [1.82, 2.24) is 0 Å². The first-order valence-electron chi connectivity index (χ1n) is 5.96. The lowest BCUT2D eigenvalue weighted by Gasteiger charge is -2.12. The summed E-state index contributed by atoms with van der Waals surface area (Å²) < 4.78 is 10.8. The Morgan fingerprint density at radius 2 is 1.81 bits per heavy atom. The summed E-state index contributed by atoms with van der Waals surface area (Å²) in [6.07, 6.45) is 0. The lowest BCUT2D eigenvalue weighted by Crippen LogP contribution is -1.99. The van der Waals surface area contributed by atoms with Gasteiger partial charge in [0.05, 0.1) is 17.2 Å². The third-order valence-corrected chi connectivity index (χ3v) is 3.73. The van der Waals surface area contributed by atoms with Crippen molar-refractivity contribution in [1.29, 1.82) is 0 Å². The molecule has 0 bridgehead atoms. The molecule has 0 aromatic heterocycles. The van der Waals surface area contributed by atoms with E-state index in [1.54, 1.807) is 30.3 Å². The van der Waals surface area contributed by atoms with E-state index in [1.165, 1.54) is 13.2 Å². The van der Waals surface area contributed by atoms with Gasteiger partial charge in [0.1, 0.15) is 6.61 Å². The number of hydrogen-bond donors (Lipinski definition) is 0.